The average molecular weight is 288 g/mol. The predicted octanol–water partition coefficient (Wildman–Crippen LogP) is 3.31. The number of pyridine rings is 1. The third-order valence-corrected chi connectivity index (χ3v) is 4.45. The van der Waals surface area contributed by atoms with Gasteiger partial charge in [0.15, 0.2) is 0 Å². The molecular formula is C15H13FN2OS. The lowest BCUT2D eigenvalue weighted by atomic mass is 10.2. The van der Waals surface area contributed by atoms with Crippen molar-refractivity contribution in [3.8, 4) is 0 Å². The van der Waals surface area contributed by atoms with E-state index >= 15 is 0 Å². The number of carbonyl (C=O) groups is 1. The van der Waals surface area contributed by atoms with E-state index in [2.05, 4.69) is 4.98 Å². The predicted molar refractivity (Wildman–Crippen MR) is 78.1 cm³/mol. The fraction of sp³-hybridized carbons (Fsp3) is 0.200. The van der Waals surface area contributed by atoms with Crippen LogP contribution in [0.15, 0.2) is 42.6 Å². The molecule has 0 spiro atoms. The maximum Gasteiger partial charge on any atom is 0.239 e. The van der Waals surface area contributed by atoms with E-state index in [1.54, 1.807) is 23.2 Å². The molecule has 20 heavy (non-hydrogen) atoms. The number of anilines is 1. The molecule has 1 aromatic carbocycles. The Bertz CT molecular complexity index is 645. The Morgan fingerprint density at radius 3 is 2.75 bits per heavy atom. The minimum absolute atomic E-state index is 0.0334. The van der Waals surface area contributed by atoms with Gasteiger partial charge in [-0.3, -0.25) is 9.69 Å². The molecule has 1 aliphatic heterocycles. The normalized spacial score (nSPS) is 18.6. The summed E-state index contributed by atoms with van der Waals surface area (Å²) in [6.45, 7) is 1.93. The second-order valence-electron chi connectivity index (χ2n) is 4.62. The summed E-state index contributed by atoms with van der Waals surface area (Å²) in [5.74, 6) is 0.851. The number of nitrogens with zero attached hydrogens (tertiary/aromatic N) is 2. The molecule has 0 saturated carbocycles. The molecule has 2 heterocycles. The zero-order valence-electron chi connectivity index (χ0n) is 10.9. The fourth-order valence-corrected chi connectivity index (χ4v) is 3.41. The Hall–Kier alpha value is -1.88. The van der Waals surface area contributed by atoms with Gasteiger partial charge in [-0.05, 0) is 36.2 Å². The van der Waals surface area contributed by atoms with Crippen LogP contribution in [0.3, 0.4) is 0 Å². The van der Waals surface area contributed by atoms with Crippen LogP contribution < -0.4 is 4.90 Å². The summed E-state index contributed by atoms with van der Waals surface area (Å²) < 4.78 is 13.0. The van der Waals surface area contributed by atoms with Crippen LogP contribution in [0.2, 0.25) is 0 Å². The maximum absolute atomic E-state index is 13.0. The number of amides is 1. The second-order valence-corrected chi connectivity index (χ2v) is 5.69. The molecule has 2 aromatic rings. The number of benzene rings is 1. The zero-order chi connectivity index (χ0) is 14.1. The van der Waals surface area contributed by atoms with Gasteiger partial charge < -0.3 is 0 Å². The van der Waals surface area contributed by atoms with Crippen molar-refractivity contribution in [3.63, 3.8) is 0 Å². The minimum Gasteiger partial charge on any atom is -0.279 e. The Morgan fingerprint density at radius 2 is 2.05 bits per heavy atom. The van der Waals surface area contributed by atoms with Crippen LogP contribution in [0.25, 0.3) is 0 Å². The molecule has 1 unspecified atom stereocenters. The molecule has 0 aliphatic carbocycles. The lowest BCUT2D eigenvalue weighted by Crippen LogP contribution is -2.29. The summed E-state index contributed by atoms with van der Waals surface area (Å²) in [5.41, 5.74) is 1.86. The van der Waals surface area contributed by atoms with Gasteiger partial charge >= 0.3 is 0 Å². The van der Waals surface area contributed by atoms with Gasteiger partial charge in [0.2, 0.25) is 5.91 Å². The van der Waals surface area contributed by atoms with Gasteiger partial charge in [0, 0.05) is 6.20 Å². The van der Waals surface area contributed by atoms with Gasteiger partial charge in [-0.15, -0.1) is 11.8 Å². The Balaban J connectivity index is 2.01. The highest BCUT2D eigenvalue weighted by Crippen LogP contribution is 2.41. The molecule has 3 rings (SSSR count). The molecular weight excluding hydrogens is 275 g/mol. The molecule has 1 amide bonds. The summed E-state index contributed by atoms with van der Waals surface area (Å²) in [6.07, 6.45) is 1.68. The SMILES string of the molecule is Cc1cccnc1N1C(=O)CSC1c1ccc(F)cc1. The van der Waals surface area contributed by atoms with Crippen LogP contribution in [0, 0.1) is 12.7 Å². The highest BCUT2D eigenvalue weighted by Gasteiger charge is 2.35. The van der Waals surface area contributed by atoms with Crippen LogP contribution in [0.4, 0.5) is 10.2 Å². The molecule has 1 fully saturated rings. The number of rotatable bonds is 2. The number of aromatic nitrogens is 1. The topological polar surface area (TPSA) is 33.2 Å². The Labute approximate surface area is 120 Å². The van der Waals surface area contributed by atoms with Gasteiger partial charge in [0.05, 0.1) is 5.75 Å². The standard InChI is InChI=1S/C15H13FN2OS/c1-10-3-2-8-17-14(10)18-13(19)9-20-15(18)11-4-6-12(16)7-5-11/h2-8,15H,9H2,1H3. The van der Waals surface area contributed by atoms with Gasteiger partial charge in [-0.25, -0.2) is 9.37 Å². The van der Waals surface area contributed by atoms with Gasteiger partial charge in [0.25, 0.3) is 0 Å². The van der Waals surface area contributed by atoms with E-state index in [-0.39, 0.29) is 17.1 Å². The molecule has 1 aromatic heterocycles. The van der Waals surface area contributed by atoms with Crippen LogP contribution in [-0.4, -0.2) is 16.6 Å². The number of hydrogen-bond acceptors (Lipinski definition) is 3. The van der Waals surface area contributed by atoms with Gasteiger partial charge in [-0.2, -0.15) is 0 Å². The largest absolute Gasteiger partial charge is 0.279 e. The number of aryl methyl sites for hydroxylation is 1. The monoisotopic (exact) mass is 288 g/mol. The number of hydrogen-bond donors (Lipinski definition) is 0. The summed E-state index contributed by atoms with van der Waals surface area (Å²) >= 11 is 1.54. The highest BCUT2D eigenvalue weighted by molar-refractivity contribution is 8.00. The quantitative estimate of drug-likeness (QED) is 0.850. The second kappa shape index (κ2) is 5.25. The first-order valence-electron chi connectivity index (χ1n) is 6.27. The highest BCUT2D eigenvalue weighted by atomic mass is 32.2. The first kappa shape index (κ1) is 13.1. The average Bonchev–Trinajstić information content (AvgIpc) is 2.82. The van der Waals surface area contributed by atoms with E-state index in [1.807, 2.05) is 19.1 Å². The minimum atomic E-state index is -0.274. The van der Waals surface area contributed by atoms with E-state index < -0.39 is 0 Å². The molecule has 0 radical (unpaired) electrons. The smallest absolute Gasteiger partial charge is 0.239 e. The summed E-state index contributed by atoms with van der Waals surface area (Å²) in [7, 11) is 0. The molecule has 0 bridgehead atoms. The lowest BCUT2D eigenvalue weighted by Gasteiger charge is -2.24. The van der Waals surface area contributed by atoms with Crippen molar-refractivity contribution in [1.29, 1.82) is 0 Å². The molecule has 5 heteroatoms. The van der Waals surface area contributed by atoms with E-state index in [9.17, 15) is 9.18 Å². The van der Waals surface area contributed by atoms with E-state index in [0.29, 0.717) is 11.6 Å². The van der Waals surface area contributed by atoms with Crippen molar-refractivity contribution >= 4 is 23.5 Å². The zero-order valence-corrected chi connectivity index (χ0v) is 11.7. The van der Waals surface area contributed by atoms with Crippen LogP contribution >= 0.6 is 11.8 Å². The van der Waals surface area contributed by atoms with Crippen molar-refractivity contribution in [2.75, 3.05) is 10.7 Å². The van der Waals surface area contributed by atoms with Crippen LogP contribution in [0.5, 0.6) is 0 Å². The molecule has 102 valence electrons. The lowest BCUT2D eigenvalue weighted by molar-refractivity contribution is -0.115. The number of thioether (sulfide) groups is 1. The molecule has 1 aliphatic rings. The summed E-state index contributed by atoms with van der Waals surface area (Å²) in [6, 6.07) is 10.1. The third kappa shape index (κ3) is 2.29. The van der Waals surface area contributed by atoms with Crippen molar-refractivity contribution in [3.05, 3.63) is 59.5 Å². The van der Waals surface area contributed by atoms with Crippen molar-refractivity contribution in [1.82, 2.24) is 4.98 Å². The third-order valence-electron chi connectivity index (χ3n) is 3.23. The van der Waals surface area contributed by atoms with Crippen molar-refractivity contribution in [2.45, 2.75) is 12.3 Å². The Kier molecular flexibility index (Phi) is 3.44. The van der Waals surface area contributed by atoms with Crippen molar-refractivity contribution < 1.29 is 9.18 Å². The van der Waals surface area contributed by atoms with Gasteiger partial charge in [0.1, 0.15) is 17.0 Å². The van der Waals surface area contributed by atoms with Crippen LogP contribution in [-0.2, 0) is 4.79 Å². The molecule has 1 atom stereocenters. The molecule has 1 saturated heterocycles. The summed E-state index contributed by atoms with van der Waals surface area (Å²) in [4.78, 5) is 18.2. The summed E-state index contributed by atoms with van der Waals surface area (Å²) in [5, 5.41) is -0.142. The van der Waals surface area contributed by atoms with E-state index in [4.69, 9.17) is 0 Å². The van der Waals surface area contributed by atoms with E-state index in [0.717, 1.165) is 11.1 Å². The molecule has 3 nitrogen and oxygen atoms in total. The number of carbonyl (C=O) groups excluding carboxylic acids is 1. The van der Waals surface area contributed by atoms with Crippen LogP contribution in [0.1, 0.15) is 16.5 Å². The first-order valence-corrected chi connectivity index (χ1v) is 7.32. The van der Waals surface area contributed by atoms with Crippen molar-refractivity contribution in [2.24, 2.45) is 0 Å². The molecule has 0 N–H and O–H groups in total. The van der Waals surface area contributed by atoms with Gasteiger partial charge in [-0.1, -0.05) is 18.2 Å². The van der Waals surface area contributed by atoms with E-state index in [1.165, 1.54) is 23.9 Å². The number of halogens is 1. The maximum atomic E-state index is 13.0. The Morgan fingerprint density at radius 1 is 1.30 bits per heavy atom. The fourth-order valence-electron chi connectivity index (χ4n) is 2.26. The first-order chi connectivity index (χ1) is 9.66.